The molecule has 0 spiro atoms. The maximum absolute atomic E-state index is 5.94. The van der Waals surface area contributed by atoms with Gasteiger partial charge in [0.05, 0.1) is 7.11 Å². The van der Waals surface area contributed by atoms with Gasteiger partial charge in [-0.2, -0.15) is 4.98 Å². The maximum Gasteiger partial charge on any atom is 0.248 e. The third-order valence-electron chi connectivity index (χ3n) is 2.47. The normalized spacial score (nSPS) is 10.0. The van der Waals surface area contributed by atoms with Crippen LogP contribution in [-0.4, -0.2) is 23.6 Å². The molecular formula is C13H16N4O2. The molecule has 1 heterocycles. The summed E-state index contributed by atoms with van der Waals surface area (Å²) in [6.45, 7) is 2.69. The number of nitrogens with two attached hydrogens (primary N) is 1. The lowest BCUT2D eigenvalue weighted by Crippen LogP contribution is -2.05. The maximum atomic E-state index is 5.94. The summed E-state index contributed by atoms with van der Waals surface area (Å²) in [4.78, 5) is 8.08. The molecule has 19 heavy (non-hydrogen) atoms. The Morgan fingerprint density at radius 2 is 1.84 bits per heavy atom. The second-order valence-corrected chi connectivity index (χ2v) is 3.75. The van der Waals surface area contributed by atoms with Crippen molar-refractivity contribution in [3.63, 3.8) is 0 Å². The van der Waals surface area contributed by atoms with Crippen molar-refractivity contribution in [3.05, 3.63) is 30.6 Å². The number of methoxy groups -OCH3 is 1. The topological polar surface area (TPSA) is 82.3 Å². The van der Waals surface area contributed by atoms with E-state index in [1.54, 1.807) is 31.4 Å². The number of hydrogen-bond donors (Lipinski definition) is 2. The monoisotopic (exact) mass is 260 g/mol. The van der Waals surface area contributed by atoms with Crippen LogP contribution in [0, 0.1) is 0 Å². The molecule has 0 bridgehead atoms. The van der Waals surface area contributed by atoms with Crippen molar-refractivity contribution in [1.82, 2.24) is 9.97 Å². The summed E-state index contributed by atoms with van der Waals surface area (Å²) in [7, 11) is 1.61. The second-order valence-electron chi connectivity index (χ2n) is 3.75. The summed E-state index contributed by atoms with van der Waals surface area (Å²) < 4.78 is 10.7. The lowest BCUT2D eigenvalue weighted by molar-refractivity contribution is 0.412. The molecule has 1 aromatic carbocycles. The number of nitrogen functional groups attached to an aromatic ring is 1. The minimum absolute atomic E-state index is 0.330. The van der Waals surface area contributed by atoms with Gasteiger partial charge in [-0.05, 0) is 31.2 Å². The smallest absolute Gasteiger partial charge is 0.248 e. The fraction of sp³-hybridized carbons (Fsp3) is 0.231. The minimum Gasteiger partial charge on any atom is -0.497 e. The molecule has 100 valence electrons. The summed E-state index contributed by atoms with van der Waals surface area (Å²) in [5, 5.41) is 3.04. The van der Waals surface area contributed by atoms with E-state index in [1.165, 1.54) is 6.33 Å². The molecule has 1 aromatic heterocycles. The fourth-order valence-corrected chi connectivity index (χ4v) is 1.52. The van der Waals surface area contributed by atoms with E-state index in [-0.39, 0.29) is 0 Å². The van der Waals surface area contributed by atoms with Crippen molar-refractivity contribution in [2.24, 2.45) is 0 Å². The van der Waals surface area contributed by atoms with E-state index in [0.717, 1.165) is 12.3 Å². The SMILES string of the molecule is CCNc1ncnc(Oc2ccc(OC)cc2)c1N. The first kappa shape index (κ1) is 12.9. The zero-order chi connectivity index (χ0) is 13.7. The molecule has 0 aliphatic rings. The van der Waals surface area contributed by atoms with Crippen molar-refractivity contribution < 1.29 is 9.47 Å². The Hall–Kier alpha value is -2.50. The molecule has 2 rings (SSSR count). The second kappa shape index (κ2) is 5.90. The highest BCUT2D eigenvalue weighted by Gasteiger charge is 2.09. The molecular weight excluding hydrogens is 244 g/mol. The Kier molecular flexibility index (Phi) is 4.02. The van der Waals surface area contributed by atoms with Gasteiger partial charge in [-0.25, -0.2) is 4.98 Å². The van der Waals surface area contributed by atoms with Gasteiger partial charge in [-0.3, -0.25) is 0 Å². The molecule has 6 nitrogen and oxygen atoms in total. The predicted molar refractivity (Wildman–Crippen MR) is 73.7 cm³/mol. The van der Waals surface area contributed by atoms with Crippen LogP contribution < -0.4 is 20.5 Å². The van der Waals surface area contributed by atoms with Crippen LogP contribution >= 0.6 is 0 Å². The van der Waals surface area contributed by atoms with Gasteiger partial charge in [0, 0.05) is 6.54 Å². The lowest BCUT2D eigenvalue weighted by Gasteiger charge is -2.10. The van der Waals surface area contributed by atoms with Crippen molar-refractivity contribution in [2.75, 3.05) is 24.7 Å². The number of nitrogens with one attached hydrogen (secondary N) is 1. The first-order valence-electron chi connectivity index (χ1n) is 5.90. The molecule has 0 radical (unpaired) electrons. The van der Waals surface area contributed by atoms with E-state index in [1.807, 2.05) is 6.92 Å². The average molecular weight is 260 g/mol. The standard InChI is InChI=1S/C13H16N4O2/c1-3-15-12-11(14)13(17-8-16-12)19-10-6-4-9(18-2)5-7-10/h4-8H,3,14H2,1-2H3,(H,15,16,17). The van der Waals surface area contributed by atoms with E-state index < -0.39 is 0 Å². The van der Waals surface area contributed by atoms with Crippen LogP contribution in [0.25, 0.3) is 0 Å². The number of anilines is 2. The molecule has 0 unspecified atom stereocenters. The van der Waals surface area contributed by atoms with Gasteiger partial charge in [0.1, 0.15) is 23.5 Å². The van der Waals surface area contributed by atoms with E-state index in [0.29, 0.717) is 23.1 Å². The van der Waals surface area contributed by atoms with Crippen LogP contribution in [0.3, 0.4) is 0 Å². The summed E-state index contributed by atoms with van der Waals surface area (Å²) in [6.07, 6.45) is 1.41. The van der Waals surface area contributed by atoms with Crippen molar-refractivity contribution in [3.8, 4) is 17.4 Å². The van der Waals surface area contributed by atoms with Gasteiger partial charge in [0.15, 0.2) is 5.82 Å². The Labute approximate surface area is 111 Å². The van der Waals surface area contributed by atoms with Crippen LogP contribution in [0.15, 0.2) is 30.6 Å². The van der Waals surface area contributed by atoms with Crippen molar-refractivity contribution >= 4 is 11.5 Å². The highest BCUT2D eigenvalue weighted by molar-refractivity contribution is 5.66. The van der Waals surface area contributed by atoms with E-state index in [2.05, 4.69) is 15.3 Å². The summed E-state index contributed by atoms with van der Waals surface area (Å²) >= 11 is 0. The number of rotatable bonds is 5. The Morgan fingerprint density at radius 3 is 2.47 bits per heavy atom. The molecule has 0 saturated heterocycles. The van der Waals surface area contributed by atoms with E-state index in [4.69, 9.17) is 15.2 Å². The van der Waals surface area contributed by atoms with Crippen LogP contribution in [0.4, 0.5) is 11.5 Å². The molecule has 0 amide bonds. The third-order valence-corrected chi connectivity index (χ3v) is 2.47. The molecule has 0 atom stereocenters. The number of ether oxygens (including phenoxy) is 2. The number of hydrogen-bond acceptors (Lipinski definition) is 6. The Balaban J connectivity index is 2.20. The summed E-state index contributed by atoms with van der Waals surface area (Å²) in [5.74, 6) is 2.29. The van der Waals surface area contributed by atoms with Crippen LogP contribution in [0.1, 0.15) is 6.92 Å². The molecule has 0 fully saturated rings. The molecule has 0 saturated carbocycles. The molecule has 6 heteroatoms. The first-order chi connectivity index (χ1) is 9.24. The number of aromatic nitrogens is 2. The highest BCUT2D eigenvalue weighted by Crippen LogP contribution is 2.29. The third kappa shape index (κ3) is 3.04. The lowest BCUT2D eigenvalue weighted by atomic mass is 10.3. The predicted octanol–water partition coefficient (Wildman–Crippen LogP) is 2.29. The molecule has 0 aliphatic carbocycles. The van der Waals surface area contributed by atoms with Gasteiger partial charge in [-0.15, -0.1) is 0 Å². The molecule has 2 aromatic rings. The van der Waals surface area contributed by atoms with Gasteiger partial charge in [0.25, 0.3) is 0 Å². The summed E-state index contributed by atoms with van der Waals surface area (Å²) in [6, 6.07) is 7.18. The van der Waals surface area contributed by atoms with Gasteiger partial charge in [-0.1, -0.05) is 0 Å². The molecule has 3 N–H and O–H groups in total. The fourth-order valence-electron chi connectivity index (χ4n) is 1.52. The highest BCUT2D eigenvalue weighted by atomic mass is 16.5. The Bertz CT molecular complexity index is 543. The van der Waals surface area contributed by atoms with Gasteiger partial charge >= 0.3 is 0 Å². The minimum atomic E-state index is 0.330. The summed E-state index contributed by atoms with van der Waals surface area (Å²) in [5.41, 5.74) is 6.33. The van der Waals surface area contributed by atoms with Gasteiger partial charge in [0.2, 0.25) is 5.88 Å². The first-order valence-corrected chi connectivity index (χ1v) is 5.90. The van der Waals surface area contributed by atoms with Crippen molar-refractivity contribution in [2.45, 2.75) is 6.92 Å². The quantitative estimate of drug-likeness (QED) is 0.858. The zero-order valence-electron chi connectivity index (χ0n) is 10.9. The molecule has 0 aliphatic heterocycles. The van der Waals surface area contributed by atoms with E-state index >= 15 is 0 Å². The van der Waals surface area contributed by atoms with Crippen LogP contribution in [0.5, 0.6) is 17.4 Å². The van der Waals surface area contributed by atoms with Crippen LogP contribution in [0.2, 0.25) is 0 Å². The average Bonchev–Trinajstić information content (AvgIpc) is 2.44. The van der Waals surface area contributed by atoms with Gasteiger partial charge < -0.3 is 20.5 Å². The largest absolute Gasteiger partial charge is 0.497 e. The van der Waals surface area contributed by atoms with E-state index in [9.17, 15) is 0 Å². The Morgan fingerprint density at radius 1 is 1.16 bits per heavy atom. The van der Waals surface area contributed by atoms with Crippen molar-refractivity contribution in [1.29, 1.82) is 0 Å². The number of benzene rings is 1. The number of nitrogens with zero attached hydrogens (tertiary/aromatic N) is 2. The van der Waals surface area contributed by atoms with Crippen LogP contribution in [-0.2, 0) is 0 Å². The zero-order valence-corrected chi connectivity index (χ0v) is 10.9.